The van der Waals surface area contributed by atoms with Crippen LogP contribution in [0.25, 0.3) is 0 Å². The van der Waals surface area contributed by atoms with E-state index in [0.717, 1.165) is 31.2 Å². The Morgan fingerprint density at radius 1 is 1.03 bits per heavy atom. The molecule has 0 saturated heterocycles. The van der Waals surface area contributed by atoms with Crippen LogP contribution in [0.2, 0.25) is 0 Å². The average molecular weight is 446 g/mol. The van der Waals surface area contributed by atoms with Gasteiger partial charge < -0.3 is 20.5 Å². The van der Waals surface area contributed by atoms with Gasteiger partial charge in [-0.25, -0.2) is 4.79 Å². The lowest BCUT2D eigenvalue weighted by Gasteiger charge is -2.27. The highest BCUT2D eigenvalue weighted by molar-refractivity contribution is 5.90. The molecule has 1 aliphatic carbocycles. The summed E-state index contributed by atoms with van der Waals surface area (Å²) in [7, 11) is 0. The highest BCUT2D eigenvalue weighted by Gasteiger charge is 2.28. The first-order chi connectivity index (χ1) is 14.5. The van der Waals surface area contributed by atoms with E-state index in [-0.39, 0.29) is 36.9 Å². The van der Waals surface area contributed by atoms with Crippen molar-refractivity contribution in [1.82, 2.24) is 5.32 Å². The van der Waals surface area contributed by atoms with Crippen LogP contribution in [0.1, 0.15) is 41.6 Å². The number of esters is 2. The Labute approximate surface area is 188 Å². The van der Waals surface area contributed by atoms with E-state index in [9.17, 15) is 9.59 Å². The standard InChI is InChI=1S/C23H27N3O4.ClH/c24-23(25)26-14-16-9-11-18(12-10-16)22(28)30-20-8-4-7-19(13-20)21(27)29-15-17-5-2-1-3-6-17;/h1-8,13,16,18H,9-12,14-15H2,(H4,24,25,26);1H. The van der Waals surface area contributed by atoms with Crippen molar-refractivity contribution in [1.29, 1.82) is 5.41 Å². The second-order valence-corrected chi connectivity index (χ2v) is 7.52. The van der Waals surface area contributed by atoms with Crippen molar-refractivity contribution in [3.63, 3.8) is 0 Å². The van der Waals surface area contributed by atoms with Crippen molar-refractivity contribution in [2.24, 2.45) is 17.6 Å². The number of carbonyl (C=O) groups is 2. The Kier molecular flexibility index (Phi) is 9.34. The van der Waals surface area contributed by atoms with Crippen LogP contribution in [0, 0.1) is 17.2 Å². The summed E-state index contributed by atoms with van der Waals surface area (Å²) in [5, 5.41) is 10.1. The molecular formula is C23H28ClN3O4. The Balaban J connectivity index is 0.00000341. The first-order valence-electron chi connectivity index (χ1n) is 10.1. The van der Waals surface area contributed by atoms with Crippen molar-refractivity contribution < 1.29 is 19.1 Å². The summed E-state index contributed by atoms with van der Waals surface area (Å²) in [5.74, 6) is -0.181. The van der Waals surface area contributed by atoms with E-state index in [1.54, 1.807) is 18.2 Å². The normalized spacial score (nSPS) is 17.7. The molecule has 0 bridgehead atoms. The number of guanidine groups is 1. The molecule has 166 valence electrons. The third-order valence-electron chi connectivity index (χ3n) is 5.26. The summed E-state index contributed by atoms with van der Waals surface area (Å²) in [4.78, 5) is 24.8. The van der Waals surface area contributed by atoms with E-state index < -0.39 is 5.97 Å². The monoisotopic (exact) mass is 445 g/mol. The van der Waals surface area contributed by atoms with E-state index in [1.165, 1.54) is 6.07 Å². The van der Waals surface area contributed by atoms with Crippen LogP contribution in [-0.2, 0) is 16.1 Å². The quantitative estimate of drug-likeness (QED) is 0.259. The molecule has 0 spiro atoms. The fraction of sp³-hybridized carbons (Fsp3) is 0.348. The predicted molar refractivity (Wildman–Crippen MR) is 120 cm³/mol. The van der Waals surface area contributed by atoms with Crippen LogP contribution in [-0.4, -0.2) is 24.4 Å². The molecule has 2 aromatic rings. The molecule has 3 rings (SSSR count). The first-order valence-corrected chi connectivity index (χ1v) is 10.1. The molecule has 0 aliphatic heterocycles. The van der Waals surface area contributed by atoms with E-state index in [0.29, 0.717) is 23.8 Å². The summed E-state index contributed by atoms with van der Waals surface area (Å²) in [6.07, 6.45) is 3.24. The highest BCUT2D eigenvalue weighted by Crippen LogP contribution is 2.30. The summed E-state index contributed by atoms with van der Waals surface area (Å²) < 4.78 is 10.9. The zero-order valence-electron chi connectivity index (χ0n) is 17.2. The maximum atomic E-state index is 12.5. The molecule has 1 fully saturated rings. The predicted octanol–water partition coefficient (Wildman–Crippen LogP) is 3.66. The number of carbonyl (C=O) groups excluding carboxylic acids is 2. The van der Waals surface area contributed by atoms with Crippen LogP contribution in [0.5, 0.6) is 5.75 Å². The van der Waals surface area contributed by atoms with Gasteiger partial charge in [0, 0.05) is 6.54 Å². The Bertz CT molecular complexity index is 883. The van der Waals surface area contributed by atoms with Crippen molar-refractivity contribution in [3.05, 3.63) is 65.7 Å². The molecular weight excluding hydrogens is 418 g/mol. The molecule has 7 nitrogen and oxygen atoms in total. The fourth-order valence-electron chi connectivity index (χ4n) is 3.55. The lowest BCUT2D eigenvalue weighted by Crippen LogP contribution is -2.36. The van der Waals surface area contributed by atoms with Crippen LogP contribution in [0.3, 0.4) is 0 Å². The van der Waals surface area contributed by atoms with E-state index in [2.05, 4.69) is 5.32 Å². The highest BCUT2D eigenvalue weighted by atomic mass is 35.5. The second-order valence-electron chi connectivity index (χ2n) is 7.52. The first kappa shape index (κ1) is 24.2. The van der Waals surface area contributed by atoms with Gasteiger partial charge in [0.25, 0.3) is 0 Å². The van der Waals surface area contributed by atoms with Gasteiger partial charge in [-0.15, -0.1) is 12.4 Å². The topological polar surface area (TPSA) is 115 Å². The van der Waals surface area contributed by atoms with Gasteiger partial charge in [-0.1, -0.05) is 36.4 Å². The molecule has 31 heavy (non-hydrogen) atoms. The lowest BCUT2D eigenvalue weighted by atomic mass is 9.82. The van der Waals surface area contributed by atoms with Gasteiger partial charge in [0.15, 0.2) is 5.96 Å². The molecule has 1 aliphatic rings. The van der Waals surface area contributed by atoms with Gasteiger partial charge in [-0.2, -0.15) is 0 Å². The minimum Gasteiger partial charge on any atom is -0.457 e. The molecule has 8 heteroatoms. The number of benzene rings is 2. The van der Waals surface area contributed by atoms with E-state index in [4.69, 9.17) is 20.6 Å². The average Bonchev–Trinajstić information content (AvgIpc) is 2.77. The van der Waals surface area contributed by atoms with Gasteiger partial charge in [-0.05, 0) is 55.4 Å². The minimum atomic E-state index is -0.463. The second kappa shape index (κ2) is 12.0. The molecule has 0 amide bonds. The molecule has 2 aromatic carbocycles. The fourth-order valence-corrected chi connectivity index (χ4v) is 3.55. The van der Waals surface area contributed by atoms with Gasteiger partial charge in [0.1, 0.15) is 12.4 Å². The van der Waals surface area contributed by atoms with Crippen molar-refractivity contribution in [2.75, 3.05) is 6.54 Å². The molecule has 0 heterocycles. The third-order valence-corrected chi connectivity index (χ3v) is 5.26. The zero-order chi connectivity index (χ0) is 21.3. The molecule has 0 radical (unpaired) electrons. The SMILES string of the molecule is Cl.N=C(N)NCC1CCC(C(=O)Oc2cccc(C(=O)OCc3ccccc3)c2)CC1. The molecule has 0 atom stereocenters. The summed E-state index contributed by atoms with van der Waals surface area (Å²) in [6, 6.07) is 15.9. The van der Waals surface area contributed by atoms with Gasteiger partial charge in [0.2, 0.25) is 0 Å². The Morgan fingerprint density at radius 2 is 1.74 bits per heavy atom. The van der Waals surface area contributed by atoms with Crippen LogP contribution >= 0.6 is 12.4 Å². The number of rotatable bonds is 7. The Hall–Kier alpha value is -3.06. The van der Waals surface area contributed by atoms with Crippen molar-refractivity contribution in [3.8, 4) is 5.75 Å². The van der Waals surface area contributed by atoms with Gasteiger partial charge >= 0.3 is 11.9 Å². The number of hydrogen-bond acceptors (Lipinski definition) is 5. The number of nitrogens with two attached hydrogens (primary N) is 1. The largest absolute Gasteiger partial charge is 0.457 e. The van der Waals surface area contributed by atoms with Crippen LogP contribution in [0.15, 0.2) is 54.6 Å². The van der Waals surface area contributed by atoms with Crippen LogP contribution < -0.4 is 15.8 Å². The van der Waals surface area contributed by atoms with Crippen molar-refractivity contribution >= 4 is 30.3 Å². The van der Waals surface area contributed by atoms with Gasteiger partial charge in [-0.3, -0.25) is 10.2 Å². The number of ether oxygens (including phenoxy) is 2. The maximum absolute atomic E-state index is 12.5. The van der Waals surface area contributed by atoms with Gasteiger partial charge in [0.05, 0.1) is 11.5 Å². The summed E-state index contributed by atoms with van der Waals surface area (Å²) >= 11 is 0. The zero-order valence-corrected chi connectivity index (χ0v) is 18.0. The summed E-state index contributed by atoms with van der Waals surface area (Å²) in [5.41, 5.74) is 6.57. The lowest BCUT2D eigenvalue weighted by molar-refractivity contribution is -0.140. The maximum Gasteiger partial charge on any atom is 0.338 e. The van der Waals surface area contributed by atoms with Crippen molar-refractivity contribution in [2.45, 2.75) is 32.3 Å². The number of nitrogens with one attached hydrogen (secondary N) is 2. The third kappa shape index (κ3) is 7.61. The molecule has 1 saturated carbocycles. The summed E-state index contributed by atoms with van der Waals surface area (Å²) in [6.45, 7) is 0.843. The molecule has 0 unspecified atom stereocenters. The Morgan fingerprint density at radius 3 is 2.42 bits per heavy atom. The minimum absolute atomic E-state index is 0. The number of hydrogen-bond donors (Lipinski definition) is 3. The smallest absolute Gasteiger partial charge is 0.338 e. The van der Waals surface area contributed by atoms with Crippen LogP contribution in [0.4, 0.5) is 0 Å². The molecule has 0 aromatic heterocycles. The molecule has 4 N–H and O–H groups in total. The van der Waals surface area contributed by atoms with E-state index >= 15 is 0 Å². The van der Waals surface area contributed by atoms with E-state index in [1.807, 2.05) is 30.3 Å². The number of halogens is 1.